The molecule has 5 heteroatoms. The van der Waals surface area contributed by atoms with E-state index >= 15 is 0 Å². The molecule has 2 aromatic carbocycles. The number of hydrogen-bond acceptors (Lipinski definition) is 5. The molecule has 0 aliphatic carbocycles. The third-order valence-electron chi connectivity index (χ3n) is 4.95. The number of fused-ring (bicyclic) bond motifs is 1. The number of thiophene rings is 1. The van der Waals surface area contributed by atoms with Crippen LogP contribution in [-0.2, 0) is 6.54 Å². The van der Waals surface area contributed by atoms with E-state index in [1.807, 2.05) is 6.07 Å². The van der Waals surface area contributed by atoms with Crippen LogP contribution in [0.5, 0.6) is 5.75 Å². The quantitative estimate of drug-likeness (QED) is 0.467. The maximum Gasteiger partial charge on any atom is 0.336 e. The highest BCUT2D eigenvalue weighted by Gasteiger charge is 2.17. The standard InChI is InChI=1S/C23H21NO3S/c1-14-5-7-16(8-6-14)22(20-4-3-11-28-20)24-13-17-12-21(26)27-23-15(2)19(25)10-9-18(17)23/h3-12,22,24-25H,13H2,1-2H3/t22-/m0/s1. The molecule has 0 saturated carbocycles. The minimum atomic E-state index is -0.416. The van der Waals surface area contributed by atoms with Crippen molar-refractivity contribution < 1.29 is 9.52 Å². The highest BCUT2D eigenvalue weighted by molar-refractivity contribution is 7.10. The monoisotopic (exact) mass is 391 g/mol. The van der Waals surface area contributed by atoms with E-state index in [0.717, 1.165) is 10.9 Å². The highest BCUT2D eigenvalue weighted by atomic mass is 32.1. The van der Waals surface area contributed by atoms with Gasteiger partial charge in [-0.15, -0.1) is 11.3 Å². The van der Waals surface area contributed by atoms with Crippen LogP contribution >= 0.6 is 11.3 Å². The number of phenolic OH excluding ortho intramolecular Hbond substituents is 1. The topological polar surface area (TPSA) is 62.5 Å². The second-order valence-corrected chi connectivity index (χ2v) is 7.90. The van der Waals surface area contributed by atoms with Gasteiger partial charge in [0.15, 0.2) is 0 Å². The molecule has 0 saturated heterocycles. The van der Waals surface area contributed by atoms with Crippen LogP contribution in [0.2, 0.25) is 0 Å². The third kappa shape index (κ3) is 3.59. The first-order chi connectivity index (χ1) is 13.5. The summed E-state index contributed by atoms with van der Waals surface area (Å²) < 4.78 is 5.35. The van der Waals surface area contributed by atoms with E-state index in [1.54, 1.807) is 30.4 Å². The molecule has 0 fully saturated rings. The van der Waals surface area contributed by atoms with E-state index in [9.17, 15) is 9.90 Å². The van der Waals surface area contributed by atoms with Crippen LogP contribution in [0.25, 0.3) is 11.0 Å². The summed E-state index contributed by atoms with van der Waals surface area (Å²) in [4.78, 5) is 13.3. The molecule has 2 aromatic heterocycles. The Hall–Kier alpha value is -2.89. The van der Waals surface area contributed by atoms with Crippen molar-refractivity contribution >= 4 is 22.3 Å². The van der Waals surface area contributed by atoms with E-state index in [1.165, 1.54) is 22.1 Å². The van der Waals surface area contributed by atoms with Crippen molar-refractivity contribution in [1.82, 2.24) is 5.32 Å². The smallest absolute Gasteiger partial charge is 0.336 e. The Morgan fingerprint density at radius 2 is 1.89 bits per heavy atom. The number of aryl methyl sites for hydroxylation is 2. The van der Waals surface area contributed by atoms with Gasteiger partial charge in [0, 0.05) is 28.4 Å². The zero-order valence-corrected chi connectivity index (χ0v) is 16.5. The van der Waals surface area contributed by atoms with Gasteiger partial charge in [-0.05, 0) is 48.6 Å². The van der Waals surface area contributed by atoms with Crippen LogP contribution in [-0.4, -0.2) is 5.11 Å². The number of rotatable bonds is 5. The first-order valence-electron chi connectivity index (χ1n) is 9.11. The van der Waals surface area contributed by atoms with Crippen molar-refractivity contribution in [2.75, 3.05) is 0 Å². The van der Waals surface area contributed by atoms with Crippen molar-refractivity contribution in [2.45, 2.75) is 26.4 Å². The minimum Gasteiger partial charge on any atom is -0.508 e. The Balaban J connectivity index is 1.71. The van der Waals surface area contributed by atoms with Gasteiger partial charge in [0.05, 0.1) is 6.04 Å². The van der Waals surface area contributed by atoms with Gasteiger partial charge in [0.1, 0.15) is 11.3 Å². The molecule has 142 valence electrons. The van der Waals surface area contributed by atoms with Crippen LogP contribution in [0.4, 0.5) is 0 Å². The van der Waals surface area contributed by atoms with Gasteiger partial charge in [-0.1, -0.05) is 35.9 Å². The molecular weight excluding hydrogens is 370 g/mol. The van der Waals surface area contributed by atoms with Crippen LogP contribution in [0.3, 0.4) is 0 Å². The summed E-state index contributed by atoms with van der Waals surface area (Å²) >= 11 is 1.70. The van der Waals surface area contributed by atoms with Gasteiger partial charge in [0.2, 0.25) is 0 Å². The molecule has 0 spiro atoms. The summed E-state index contributed by atoms with van der Waals surface area (Å²) in [6, 6.07) is 17.6. The molecule has 28 heavy (non-hydrogen) atoms. The maximum absolute atomic E-state index is 12.1. The summed E-state index contributed by atoms with van der Waals surface area (Å²) in [6.45, 7) is 4.33. The van der Waals surface area contributed by atoms with Crippen LogP contribution in [0.1, 0.15) is 33.2 Å². The fourth-order valence-electron chi connectivity index (χ4n) is 3.37. The van der Waals surface area contributed by atoms with Gasteiger partial charge in [0.25, 0.3) is 0 Å². The fraction of sp³-hybridized carbons (Fsp3) is 0.174. The Labute approximate surface area is 167 Å². The van der Waals surface area contributed by atoms with Gasteiger partial charge in [-0.3, -0.25) is 0 Å². The average Bonchev–Trinajstić information content (AvgIpc) is 3.21. The third-order valence-corrected chi connectivity index (χ3v) is 5.89. The van der Waals surface area contributed by atoms with E-state index in [4.69, 9.17) is 4.42 Å². The lowest BCUT2D eigenvalue weighted by Crippen LogP contribution is -2.22. The van der Waals surface area contributed by atoms with Crippen LogP contribution in [0, 0.1) is 13.8 Å². The molecule has 2 N–H and O–H groups in total. The molecule has 0 amide bonds. The lowest BCUT2D eigenvalue weighted by Gasteiger charge is -2.19. The first kappa shape index (κ1) is 18.5. The predicted molar refractivity (Wildman–Crippen MR) is 113 cm³/mol. The Morgan fingerprint density at radius 3 is 2.61 bits per heavy atom. The van der Waals surface area contributed by atoms with E-state index in [-0.39, 0.29) is 11.8 Å². The Morgan fingerprint density at radius 1 is 1.11 bits per heavy atom. The predicted octanol–water partition coefficient (Wildman–Crippen LogP) is 5.06. The molecule has 0 unspecified atom stereocenters. The average molecular weight is 391 g/mol. The number of aromatic hydroxyl groups is 1. The highest BCUT2D eigenvalue weighted by Crippen LogP contribution is 2.29. The molecule has 4 nitrogen and oxygen atoms in total. The van der Waals surface area contributed by atoms with Crippen molar-refractivity contribution in [3.05, 3.63) is 97.5 Å². The van der Waals surface area contributed by atoms with Crippen molar-refractivity contribution in [2.24, 2.45) is 0 Å². The fourth-order valence-corrected chi connectivity index (χ4v) is 4.20. The Bertz CT molecular complexity index is 1160. The minimum absolute atomic E-state index is 0.0288. The zero-order valence-electron chi connectivity index (χ0n) is 15.7. The molecule has 0 radical (unpaired) electrons. The summed E-state index contributed by atoms with van der Waals surface area (Å²) in [5, 5.41) is 16.4. The SMILES string of the molecule is Cc1ccc([C@H](NCc2cc(=O)oc3c(C)c(O)ccc23)c2cccs2)cc1. The molecule has 0 aliphatic rings. The normalized spacial score (nSPS) is 12.4. The summed E-state index contributed by atoms with van der Waals surface area (Å²) in [5.74, 6) is 0.122. The van der Waals surface area contributed by atoms with Gasteiger partial charge < -0.3 is 14.8 Å². The van der Waals surface area contributed by atoms with E-state index < -0.39 is 5.63 Å². The number of nitrogens with one attached hydrogen (secondary N) is 1. The largest absolute Gasteiger partial charge is 0.508 e. The van der Waals surface area contributed by atoms with Crippen LogP contribution in [0.15, 0.2) is 69.2 Å². The molecule has 0 aliphatic heterocycles. The lowest BCUT2D eigenvalue weighted by atomic mass is 10.0. The second kappa shape index (κ2) is 7.62. The molecule has 2 heterocycles. The second-order valence-electron chi connectivity index (χ2n) is 6.92. The van der Waals surface area contributed by atoms with Gasteiger partial charge in [-0.25, -0.2) is 4.79 Å². The molecule has 4 rings (SSSR count). The van der Waals surface area contributed by atoms with E-state index in [2.05, 4.69) is 48.0 Å². The first-order valence-corrected chi connectivity index (χ1v) is 9.99. The number of phenols is 1. The summed E-state index contributed by atoms with van der Waals surface area (Å²) in [6.07, 6.45) is 0. The summed E-state index contributed by atoms with van der Waals surface area (Å²) in [7, 11) is 0. The zero-order chi connectivity index (χ0) is 19.7. The molecule has 4 aromatic rings. The van der Waals surface area contributed by atoms with Gasteiger partial charge in [-0.2, -0.15) is 0 Å². The van der Waals surface area contributed by atoms with E-state index in [0.29, 0.717) is 17.7 Å². The van der Waals surface area contributed by atoms with Gasteiger partial charge >= 0.3 is 5.63 Å². The Kier molecular flexibility index (Phi) is 5.03. The molecule has 0 bridgehead atoms. The van der Waals surface area contributed by atoms with Crippen molar-refractivity contribution in [3.63, 3.8) is 0 Å². The number of benzene rings is 2. The molecule has 1 atom stereocenters. The van der Waals surface area contributed by atoms with Crippen LogP contribution < -0.4 is 10.9 Å². The molecular formula is C23H21NO3S. The number of hydrogen-bond donors (Lipinski definition) is 2. The van der Waals surface area contributed by atoms with Crippen molar-refractivity contribution in [3.8, 4) is 5.75 Å². The van der Waals surface area contributed by atoms with Crippen molar-refractivity contribution in [1.29, 1.82) is 0 Å². The lowest BCUT2D eigenvalue weighted by molar-refractivity contribution is 0.468. The maximum atomic E-state index is 12.1. The summed E-state index contributed by atoms with van der Waals surface area (Å²) in [5.41, 5.74) is 3.84.